The van der Waals surface area contributed by atoms with Gasteiger partial charge >= 0.3 is 0 Å². The Kier molecular flexibility index (Phi) is 9.74. The number of carbonyl (C=O) groups excluding carboxylic acids is 2. The van der Waals surface area contributed by atoms with Gasteiger partial charge in [0.05, 0.1) is 27.4 Å². The Labute approximate surface area is 202 Å². The van der Waals surface area contributed by atoms with Crippen LogP contribution in [0.4, 0.5) is 11.4 Å². The van der Waals surface area contributed by atoms with E-state index in [0.717, 1.165) is 4.42 Å². The summed E-state index contributed by atoms with van der Waals surface area (Å²) in [6, 6.07) is 6.46. The molecule has 0 aliphatic rings. The fraction of sp³-hybridized carbons (Fsp3) is 0.364. The van der Waals surface area contributed by atoms with Crippen molar-refractivity contribution >= 4 is 46.4 Å². The zero-order valence-corrected chi connectivity index (χ0v) is 20.4. The Morgan fingerprint density at radius 2 is 1.70 bits per heavy atom. The van der Waals surface area contributed by atoms with Crippen LogP contribution in [0, 0.1) is 0 Å². The van der Waals surface area contributed by atoms with Crippen LogP contribution in [-0.4, -0.2) is 45.2 Å². The third-order valence-corrected chi connectivity index (χ3v) is 5.02. The van der Waals surface area contributed by atoms with E-state index in [-0.39, 0.29) is 27.9 Å². The lowest BCUT2D eigenvalue weighted by molar-refractivity contribution is -0.126. The maximum atomic E-state index is 13.0. The highest BCUT2D eigenvalue weighted by Crippen LogP contribution is 2.42. The quantitative estimate of drug-likeness (QED) is 0.234. The van der Waals surface area contributed by atoms with Crippen LogP contribution in [0.5, 0.6) is 23.0 Å². The zero-order valence-electron chi connectivity index (χ0n) is 18.9. The first-order chi connectivity index (χ1) is 15.8. The summed E-state index contributed by atoms with van der Waals surface area (Å²) in [5.74, 6) is -0.168. The van der Waals surface area contributed by atoms with Gasteiger partial charge in [0.15, 0.2) is 23.0 Å². The van der Waals surface area contributed by atoms with Crippen molar-refractivity contribution in [3.05, 3.63) is 35.4 Å². The van der Waals surface area contributed by atoms with Crippen molar-refractivity contribution < 1.29 is 28.5 Å². The Balaban J connectivity index is 2.41. The monoisotopic (exact) mass is 497 g/mol. The smallest absolute Gasteiger partial charge is 0.276 e. The molecule has 11 heteroatoms. The molecule has 0 radical (unpaired) electrons. The van der Waals surface area contributed by atoms with Crippen LogP contribution in [0.15, 0.2) is 40.6 Å². The van der Waals surface area contributed by atoms with Gasteiger partial charge in [-0.05, 0) is 45.0 Å². The zero-order chi connectivity index (χ0) is 24.5. The van der Waals surface area contributed by atoms with Crippen LogP contribution in [0.2, 0.25) is 5.02 Å². The predicted molar refractivity (Wildman–Crippen MR) is 126 cm³/mol. The van der Waals surface area contributed by atoms with Crippen molar-refractivity contribution in [3.63, 3.8) is 0 Å². The van der Waals surface area contributed by atoms with Crippen LogP contribution >= 0.6 is 23.4 Å². The highest BCUT2D eigenvalue weighted by atomic mass is 35.5. The Morgan fingerprint density at radius 1 is 1.00 bits per heavy atom. The summed E-state index contributed by atoms with van der Waals surface area (Å²) in [5, 5.41) is 8.21. The third-order valence-electron chi connectivity index (χ3n) is 4.32. The normalized spacial score (nSPS) is 11.7. The molecule has 1 atom stereocenters. The topological polar surface area (TPSA) is 99.0 Å². The van der Waals surface area contributed by atoms with Crippen LogP contribution in [0.1, 0.15) is 20.8 Å². The molecule has 0 saturated carbocycles. The van der Waals surface area contributed by atoms with Crippen molar-refractivity contribution in [2.24, 2.45) is 10.2 Å². The van der Waals surface area contributed by atoms with Crippen LogP contribution < -0.4 is 23.4 Å². The van der Waals surface area contributed by atoms with E-state index < -0.39 is 17.7 Å². The van der Waals surface area contributed by atoms with Crippen LogP contribution in [0.25, 0.3) is 0 Å². The highest BCUT2D eigenvalue weighted by Gasteiger charge is 2.31. The van der Waals surface area contributed by atoms with Gasteiger partial charge in [-0.2, -0.15) is 10.2 Å². The summed E-state index contributed by atoms with van der Waals surface area (Å²) in [4.78, 5) is 25.3. The maximum absolute atomic E-state index is 13.0. The molecule has 33 heavy (non-hydrogen) atoms. The summed E-state index contributed by atoms with van der Waals surface area (Å²) in [6.07, 6.45) is 0. The van der Waals surface area contributed by atoms with Crippen molar-refractivity contribution in [3.8, 4) is 23.0 Å². The molecule has 9 nitrogen and oxygen atoms in total. The fourth-order valence-corrected chi connectivity index (χ4v) is 3.32. The molecule has 0 spiro atoms. The molecule has 2 rings (SSSR count). The van der Waals surface area contributed by atoms with Gasteiger partial charge < -0.3 is 18.9 Å². The third kappa shape index (κ3) is 6.06. The molecule has 0 fully saturated rings. The number of anilines is 1. The molecule has 0 N–H and O–H groups in total. The molecule has 0 heterocycles. The molecule has 0 aliphatic carbocycles. The molecule has 0 aromatic heterocycles. The molecule has 0 saturated heterocycles. The number of benzene rings is 2. The van der Waals surface area contributed by atoms with E-state index in [1.165, 1.54) is 21.1 Å². The number of hydrogen-bond donors (Lipinski definition) is 0. The lowest BCUT2D eigenvalue weighted by atomic mass is 10.2. The van der Waals surface area contributed by atoms with Gasteiger partial charge in [0.25, 0.3) is 5.91 Å². The van der Waals surface area contributed by atoms with Crippen molar-refractivity contribution in [2.75, 3.05) is 31.9 Å². The van der Waals surface area contributed by atoms with E-state index in [1.807, 2.05) is 6.92 Å². The number of ether oxygens (including phenoxy) is 4. The molecular weight excluding hydrogens is 473 g/mol. The number of amides is 1. The van der Waals surface area contributed by atoms with Gasteiger partial charge in [-0.25, -0.2) is 4.42 Å². The molecular formula is C22H25Cl2N3O6. The van der Waals surface area contributed by atoms with Gasteiger partial charge in [-0.1, -0.05) is 17.7 Å². The van der Waals surface area contributed by atoms with E-state index >= 15 is 0 Å². The number of hydrogen-bond acceptors (Lipinski definition) is 8. The molecule has 2 aromatic rings. The first-order valence-corrected chi connectivity index (χ1v) is 10.7. The Hall–Kier alpha value is -3.04. The summed E-state index contributed by atoms with van der Waals surface area (Å²) >= 11 is 12.6. The van der Waals surface area contributed by atoms with Crippen molar-refractivity contribution in [1.82, 2.24) is 0 Å². The summed E-state index contributed by atoms with van der Waals surface area (Å²) < 4.78 is 22.3. The Bertz CT molecular complexity index is 1030. The average Bonchev–Trinajstić information content (AvgIpc) is 2.81. The van der Waals surface area contributed by atoms with Crippen LogP contribution in [0.3, 0.4) is 0 Å². The summed E-state index contributed by atoms with van der Waals surface area (Å²) in [5.41, 5.74) is 0.411. The van der Waals surface area contributed by atoms with Crippen molar-refractivity contribution in [1.29, 1.82) is 0 Å². The first kappa shape index (κ1) is 26.2. The van der Waals surface area contributed by atoms with Gasteiger partial charge in [-0.15, -0.1) is 0 Å². The average molecular weight is 498 g/mol. The fourth-order valence-electron chi connectivity index (χ4n) is 2.83. The number of Topliss-reactive ketones (excluding diaryl/α,β-unsaturated/α-hetero) is 1. The van der Waals surface area contributed by atoms with E-state index in [0.29, 0.717) is 24.7 Å². The number of carbonyl (C=O) groups is 2. The molecule has 2 aromatic carbocycles. The van der Waals surface area contributed by atoms with E-state index in [9.17, 15) is 9.59 Å². The number of halogens is 2. The first-order valence-electron chi connectivity index (χ1n) is 10.0. The minimum Gasteiger partial charge on any atom is -0.493 e. The van der Waals surface area contributed by atoms with E-state index in [4.69, 9.17) is 42.3 Å². The summed E-state index contributed by atoms with van der Waals surface area (Å²) in [6.45, 7) is 5.52. The number of rotatable bonds is 11. The van der Waals surface area contributed by atoms with E-state index in [2.05, 4.69) is 10.2 Å². The lowest BCUT2D eigenvalue weighted by Gasteiger charge is -2.20. The minimum absolute atomic E-state index is 0.184. The lowest BCUT2D eigenvalue weighted by Crippen LogP contribution is -2.36. The number of azo groups is 1. The molecule has 1 unspecified atom stereocenters. The van der Waals surface area contributed by atoms with E-state index in [1.54, 1.807) is 37.3 Å². The standard InChI is InChI=1S/C22H25Cl2N3O6/c1-6-32-16-12-11-14(20(18(16)23)33-7-2)25-26-19(13(3)28)22(29)27(24)15-9-8-10-17(30-4)21(15)31-5/h8-12,19H,6-7H2,1-5H3. The van der Waals surface area contributed by atoms with Gasteiger partial charge in [-0.3, -0.25) is 9.59 Å². The van der Waals surface area contributed by atoms with Gasteiger partial charge in [0.2, 0.25) is 6.04 Å². The minimum atomic E-state index is -1.52. The van der Waals surface area contributed by atoms with Crippen LogP contribution in [-0.2, 0) is 9.59 Å². The second-order valence-corrected chi connectivity index (χ2v) is 7.17. The second-order valence-electron chi connectivity index (χ2n) is 6.45. The molecule has 0 aliphatic heterocycles. The van der Waals surface area contributed by atoms with Gasteiger partial charge in [0, 0.05) is 11.8 Å². The molecule has 178 valence electrons. The predicted octanol–water partition coefficient (Wildman–Crippen LogP) is 5.38. The van der Waals surface area contributed by atoms with Gasteiger partial charge in [0.1, 0.15) is 22.1 Å². The largest absolute Gasteiger partial charge is 0.493 e. The number of para-hydroxylation sites is 1. The number of nitrogens with zero attached hydrogens (tertiary/aromatic N) is 3. The summed E-state index contributed by atoms with van der Waals surface area (Å²) in [7, 11) is 2.86. The Morgan fingerprint density at radius 3 is 2.27 bits per heavy atom. The number of methoxy groups -OCH3 is 2. The van der Waals surface area contributed by atoms with Crippen molar-refractivity contribution in [2.45, 2.75) is 26.8 Å². The number of ketones is 1. The molecule has 0 bridgehead atoms. The maximum Gasteiger partial charge on any atom is 0.276 e. The second kappa shape index (κ2) is 12.3. The SMILES string of the molecule is CCOc1ccc(N=NC(C(C)=O)C(=O)N(Cl)c2cccc(OC)c2OC)c(OCC)c1Cl. The molecule has 1 amide bonds. The highest BCUT2D eigenvalue weighted by molar-refractivity contribution is 6.39.